The van der Waals surface area contributed by atoms with Gasteiger partial charge < -0.3 is 9.30 Å². The highest BCUT2D eigenvalue weighted by Gasteiger charge is 2.38. The molecule has 37 heavy (non-hydrogen) atoms. The summed E-state index contributed by atoms with van der Waals surface area (Å²) in [6.07, 6.45) is -7.17. The molecular formula is C28H21F6NO2. The number of carbonyl (C=O) groups is 1. The summed E-state index contributed by atoms with van der Waals surface area (Å²) in [5.41, 5.74) is -1.18. The third-order valence-corrected chi connectivity index (χ3v) is 5.71. The third kappa shape index (κ3) is 6.22. The fraction of sp³-hybridized carbons (Fsp3) is 0.179. The number of halogens is 6. The minimum Gasteiger partial charge on any atom is -0.489 e. The van der Waals surface area contributed by atoms with E-state index in [1.54, 1.807) is 24.3 Å². The maximum absolute atomic E-state index is 13.7. The van der Waals surface area contributed by atoms with Crippen LogP contribution in [0.1, 0.15) is 34.9 Å². The highest BCUT2D eigenvalue weighted by atomic mass is 19.4. The van der Waals surface area contributed by atoms with Gasteiger partial charge in [-0.05, 0) is 66.6 Å². The van der Waals surface area contributed by atoms with Gasteiger partial charge in [0.2, 0.25) is 0 Å². The van der Waals surface area contributed by atoms with E-state index in [-0.39, 0.29) is 24.0 Å². The predicted octanol–water partition coefficient (Wildman–Crippen LogP) is 7.91. The van der Waals surface area contributed by atoms with Crippen LogP contribution in [0.3, 0.4) is 0 Å². The molecule has 192 valence electrons. The van der Waals surface area contributed by atoms with Crippen molar-refractivity contribution in [1.29, 1.82) is 0 Å². The molecule has 0 bridgehead atoms. The number of nitrogens with zero attached hydrogens (tertiary/aromatic N) is 1. The van der Waals surface area contributed by atoms with Crippen molar-refractivity contribution in [2.45, 2.75) is 32.4 Å². The van der Waals surface area contributed by atoms with Crippen molar-refractivity contribution in [3.63, 3.8) is 0 Å². The molecule has 0 N–H and O–H groups in total. The lowest BCUT2D eigenvalue weighted by molar-refractivity contribution is -0.143. The summed E-state index contributed by atoms with van der Waals surface area (Å²) < 4.78 is 87.9. The van der Waals surface area contributed by atoms with E-state index >= 15 is 0 Å². The quantitative estimate of drug-likeness (QED) is 0.184. The van der Waals surface area contributed by atoms with E-state index in [0.29, 0.717) is 35.0 Å². The summed E-state index contributed by atoms with van der Waals surface area (Å²) in [5.74, 6) is 0.260. The lowest BCUT2D eigenvalue weighted by Crippen LogP contribution is -2.15. The topological polar surface area (TPSA) is 31.2 Å². The number of ether oxygens (including phenoxy) is 1. The Hall–Kier alpha value is -4.01. The van der Waals surface area contributed by atoms with Crippen LogP contribution in [0.25, 0.3) is 17.0 Å². The fourth-order valence-electron chi connectivity index (χ4n) is 3.94. The highest BCUT2D eigenvalue weighted by molar-refractivity contribution is 5.93. The zero-order valence-electron chi connectivity index (χ0n) is 19.5. The van der Waals surface area contributed by atoms with Crippen LogP contribution >= 0.6 is 0 Å². The predicted molar refractivity (Wildman–Crippen MR) is 128 cm³/mol. The largest absolute Gasteiger partial charge is 0.489 e. The van der Waals surface area contributed by atoms with Gasteiger partial charge in [-0.1, -0.05) is 36.4 Å². The van der Waals surface area contributed by atoms with Crippen molar-refractivity contribution >= 4 is 22.8 Å². The number of aromatic nitrogens is 1. The van der Waals surface area contributed by atoms with Crippen LogP contribution in [0.2, 0.25) is 0 Å². The Morgan fingerprint density at radius 3 is 2.27 bits per heavy atom. The Morgan fingerprint density at radius 1 is 0.892 bits per heavy atom. The summed E-state index contributed by atoms with van der Waals surface area (Å²) in [6, 6.07) is 17.8. The van der Waals surface area contributed by atoms with Gasteiger partial charge in [-0.2, -0.15) is 26.3 Å². The molecule has 3 aromatic carbocycles. The standard InChI is InChI=1S/C28H21F6NO2/c1-18(36)7-10-23-13-21-14-24(37-17-19-5-3-2-4-6-19)11-12-26(21)35(23)16-20-8-9-22(27(29,30)31)15-25(20)28(32,33)34/h2-15H,16-17H2,1H3/b10-7+. The number of benzene rings is 3. The lowest BCUT2D eigenvalue weighted by atomic mass is 10.0. The van der Waals surface area contributed by atoms with Gasteiger partial charge in [0, 0.05) is 23.1 Å². The van der Waals surface area contributed by atoms with Gasteiger partial charge >= 0.3 is 12.4 Å². The molecule has 1 aromatic heterocycles. The molecule has 0 aliphatic carbocycles. The first-order valence-electron chi connectivity index (χ1n) is 11.2. The Labute approximate surface area is 208 Å². The first kappa shape index (κ1) is 26.1. The molecule has 1 heterocycles. The van der Waals surface area contributed by atoms with Gasteiger partial charge in [0.25, 0.3) is 0 Å². The van der Waals surface area contributed by atoms with Crippen molar-refractivity contribution in [2.24, 2.45) is 0 Å². The van der Waals surface area contributed by atoms with Crippen molar-refractivity contribution in [1.82, 2.24) is 4.57 Å². The van der Waals surface area contributed by atoms with E-state index in [1.807, 2.05) is 30.3 Å². The normalized spacial score (nSPS) is 12.4. The van der Waals surface area contributed by atoms with Gasteiger partial charge in [-0.15, -0.1) is 0 Å². The molecule has 3 nitrogen and oxygen atoms in total. The lowest BCUT2D eigenvalue weighted by Gasteiger charge is -2.18. The number of allylic oxidation sites excluding steroid dienone is 1. The van der Waals surface area contributed by atoms with E-state index in [1.165, 1.54) is 23.6 Å². The Kier molecular flexibility index (Phi) is 7.16. The number of hydrogen-bond donors (Lipinski definition) is 0. The maximum atomic E-state index is 13.7. The number of alkyl halides is 6. The van der Waals surface area contributed by atoms with Gasteiger partial charge in [0.15, 0.2) is 5.78 Å². The second-order valence-electron chi connectivity index (χ2n) is 8.46. The summed E-state index contributed by atoms with van der Waals surface area (Å²) in [7, 11) is 0. The number of ketones is 1. The third-order valence-electron chi connectivity index (χ3n) is 5.71. The van der Waals surface area contributed by atoms with Crippen molar-refractivity contribution < 1.29 is 35.9 Å². The second kappa shape index (κ2) is 10.2. The second-order valence-corrected chi connectivity index (χ2v) is 8.46. The molecule has 0 aliphatic rings. The summed E-state index contributed by atoms with van der Waals surface area (Å²) in [4.78, 5) is 11.5. The fourth-order valence-corrected chi connectivity index (χ4v) is 3.94. The number of fused-ring (bicyclic) bond motifs is 1. The smallest absolute Gasteiger partial charge is 0.416 e. The monoisotopic (exact) mass is 517 g/mol. The molecule has 0 saturated heterocycles. The van der Waals surface area contributed by atoms with Crippen LogP contribution in [0.4, 0.5) is 26.3 Å². The minimum absolute atomic E-state index is 0.127. The van der Waals surface area contributed by atoms with Gasteiger partial charge in [-0.25, -0.2) is 0 Å². The Morgan fingerprint density at radius 2 is 1.62 bits per heavy atom. The van der Waals surface area contributed by atoms with Crippen molar-refractivity contribution in [2.75, 3.05) is 0 Å². The zero-order valence-corrected chi connectivity index (χ0v) is 19.5. The molecule has 0 spiro atoms. The molecule has 0 aliphatic heterocycles. The summed E-state index contributed by atoms with van der Waals surface area (Å²) >= 11 is 0. The Bertz CT molecular complexity index is 1450. The molecule has 4 aromatic rings. The van der Waals surface area contributed by atoms with Crippen LogP contribution < -0.4 is 4.74 Å². The molecule has 0 amide bonds. The van der Waals surface area contributed by atoms with Gasteiger partial charge in [0.1, 0.15) is 12.4 Å². The van der Waals surface area contributed by atoms with Gasteiger partial charge in [0.05, 0.1) is 11.1 Å². The molecular weight excluding hydrogens is 496 g/mol. The molecule has 0 unspecified atom stereocenters. The van der Waals surface area contributed by atoms with E-state index < -0.39 is 23.5 Å². The van der Waals surface area contributed by atoms with E-state index in [4.69, 9.17) is 4.74 Å². The number of rotatable bonds is 7. The Balaban J connectivity index is 1.75. The summed E-state index contributed by atoms with van der Waals surface area (Å²) in [6.45, 7) is 1.28. The number of hydrogen-bond acceptors (Lipinski definition) is 2. The first-order chi connectivity index (χ1) is 17.4. The van der Waals surface area contributed by atoms with Crippen LogP contribution in [0.5, 0.6) is 5.75 Å². The molecule has 9 heteroatoms. The summed E-state index contributed by atoms with van der Waals surface area (Å²) in [5, 5.41) is 0.634. The zero-order chi connectivity index (χ0) is 26.8. The molecule has 4 rings (SSSR count). The number of carbonyl (C=O) groups excluding carboxylic acids is 1. The maximum Gasteiger partial charge on any atom is 0.416 e. The van der Waals surface area contributed by atoms with Gasteiger partial charge in [-0.3, -0.25) is 4.79 Å². The van der Waals surface area contributed by atoms with E-state index in [2.05, 4.69) is 0 Å². The minimum atomic E-state index is -4.99. The highest BCUT2D eigenvalue weighted by Crippen LogP contribution is 2.38. The molecule has 0 fully saturated rings. The molecule has 0 atom stereocenters. The molecule has 0 radical (unpaired) electrons. The van der Waals surface area contributed by atoms with Crippen molar-refractivity contribution in [3.05, 3.63) is 107 Å². The average molecular weight is 517 g/mol. The van der Waals surface area contributed by atoms with Crippen LogP contribution in [-0.2, 0) is 30.3 Å². The van der Waals surface area contributed by atoms with E-state index in [9.17, 15) is 31.1 Å². The van der Waals surface area contributed by atoms with Crippen LogP contribution in [0.15, 0.2) is 78.9 Å². The SMILES string of the molecule is CC(=O)/C=C/c1cc2cc(OCc3ccccc3)ccc2n1Cc1ccc(C(F)(F)F)cc1C(F)(F)F. The first-order valence-corrected chi connectivity index (χ1v) is 11.2. The van der Waals surface area contributed by atoms with E-state index in [0.717, 1.165) is 11.6 Å². The van der Waals surface area contributed by atoms with Crippen molar-refractivity contribution in [3.8, 4) is 5.75 Å². The average Bonchev–Trinajstić information content (AvgIpc) is 3.17. The van der Waals surface area contributed by atoms with Crippen LogP contribution in [0, 0.1) is 0 Å². The van der Waals surface area contributed by atoms with Crippen LogP contribution in [-0.4, -0.2) is 10.4 Å². The molecule has 0 saturated carbocycles.